The van der Waals surface area contributed by atoms with Gasteiger partial charge in [-0.05, 0) is 42.8 Å². The summed E-state index contributed by atoms with van der Waals surface area (Å²) in [6, 6.07) is 13.9. The topological polar surface area (TPSA) is 85.9 Å². The molecule has 0 radical (unpaired) electrons. The van der Waals surface area contributed by atoms with E-state index < -0.39 is 11.5 Å². The van der Waals surface area contributed by atoms with Crippen LogP contribution in [0, 0.1) is 0 Å². The van der Waals surface area contributed by atoms with Crippen LogP contribution < -0.4 is 15.4 Å². The highest BCUT2D eigenvalue weighted by molar-refractivity contribution is 6.30. The third-order valence-corrected chi connectivity index (χ3v) is 5.50. The Morgan fingerprint density at radius 2 is 2.00 bits per heavy atom. The number of esters is 1. The molecule has 1 aliphatic rings. The lowest BCUT2D eigenvalue weighted by Crippen LogP contribution is -2.58. The molecule has 31 heavy (non-hydrogen) atoms. The highest BCUT2D eigenvalue weighted by Gasteiger charge is 2.42. The number of amides is 1. The number of halogens is 1. The number of benzene rings is 2. The molecule has 1 unspecified atom stereocenters. The van der Waals surface area contributed by atoms with Crippen molar-refractivity contribution in [1.29, 1.82) is 0 Å². The average molecular weight is 447 g/mol. The Bertz CT molecular complexity index is 897. The van der Waals surface area contributed by atoms with E-state index in [1.54, 1.807) is 36.4 Å². The van der Waals surface area contributed by atoms with Crippen molar-refractivity contribution in [3.63, 3.8) is 0 Å². The van der Waals surface area contributed by atoms with Crippen LogP contribution in [0.25, 0.3) is 0 Å². The van der Waals surface area contributed by atoms with Gasteiger partial charge in [0.05, 0.1) is 25.3 Å². The van der Waals surface area contributed by atoms with Crippen molar-refractivity contribution >= 4 is 23.5 Å². The van der Waals surface area contributed by atoms with E-state index in [2.05, 4.69) is 10.6 Å². The van der Waals surface area contributed by atoms with Gasteiger partial charge in [-0.3, -0.25) is 10.1 Å². The van der Waals surface area contributed by atoms with E-state index in [4.69, 9.17) is 25.8 Å². The molecule has 0 aliphatic carbocycles. The van der Waals surface area contributed by atoms with Gasteiger partial charge in [-0.25, -0.2) is 4.79 Å². The molecule has 1 saturated heterocycles. The first-order valence-corrected chi connectivity index (χ1v) is 10.5. The molecule has 0 bridgehead atoms. The fraction of sp³-hybridized carbons (Fsp3) is 0.391. The minimum atomic E-state index is -0.808. The summed E-state index contributed by atoms with van der Waals surface area (Å²) in [6.07, 6.45) is 0.573. The zero-order chi connectivity index (χ0) is 22.3. The van der Waals surface area contributed by atoms with Crippen molar-refractivity contribution in [2.24, 2.45) is 0 Å². The van der Waals surface area contributed by atoms with Crippen LogP contribution in [0.1, 0.15) is 35.3 Å². The largest absolute Gasteiger partial charge is 0.492 e. The minimum absolute atomic E-state index is 0.127. The number of carbonyl (C=O) groups is 2. The Kier molecular flexibility index (Phi) is 7.90. The molecule has 8 heteroatoms. The number of carbonyl (C=O) groups excluding carboxylic acids is 2. The minimum Gasteiger partial charge on any atom is -0.492 e. The number of nitrogens with one attached hydrogen (secondary N) is 2. The molecule has 1 heterocycles. The van der Waals surface area contributed by atoms with Gasteiger partial charge in [0.15, 0.2) is 0 Å². The fourth-order valence-electron chi connectivity index (χ4n) is 3.42. The normalized spacial score (nSPS) is 18.9. The molecule has 2 aromatic rings. The van der Waals surface area contributed by atoms with E-state index in [-0.39, 0.29) is 11.9 Å². The molecule has 1 amide bonds. The molecule has 2 atom stereocenters. The number of hydrogen-bond acceptors (Lipinski definition) is 6. The Morgan fingerprint density at radius 1 is 1.23 bits per heavy atom. The third kappa shape index (κ3) is 5.97. The summed E-state index contributed by atoms with van der Waals surface area (Å²) in [6.45, 7) is 3.57. The van der Waals surface area contributed by atoms with Crippen LogP contribution in [0.5, 0.6) is 5.75 Å². The quantitative estimate of drug-likeness (QED) is 0.454. The fourth-order valence-corrected chi connectivity index (χ4v) is 3.60. The summed E-state index contributed by atoms with van der Waals surface area (Å²) in [5.41, 5.74) is 0.545. The van der Waals surface area contributed by atoms with E-state index in [1.165, 1.54) is 7.11 Å². The summed E-state index contributed by atoms with van der Waals surface area (Å²) in [7, 11) is 1.34. The molecule has 2 N–H and O–H groups in total. The smallest absolute Gasteiger partial charge is 0.337 e. The van der Waals surface area contributed by atoms with E-state index in [1.807, 2.05) is 19.1 Å². The molecule has 0 spiro atoms. The van der Waals surface area contributed by atoms with E-state index >= 15 is 0 Å². The second-order valence-electron chi connectivity index (χ2n) is 7.43. The Hall–Kier alpha value is -2.61. The van der Waals surface area contributed by atoms with Crippen LogP contribution in [0.4, 0.5) is 0 Å². The van der Waals surface area contributed by atoms with Gasteiger partial charge >= 0.3 is 5.97 Å². The lowest BCUT2D eigenvalue weighted by atomic mass is 9.96. The van der Waals surface area contributed by atoms with Gasteiger partial charge in [0.1, 0.15) is 17.9 Å². The number of ether oxygens (including phenoxy) is 3. The van der Waals surface area contributed by atoms with Crippen molar-refractivity contribution in [3.8, 4) is 5.75 Å². The SMILES string of the molecule is COC(=O)c1ccc([C@H](C)NC(=O)C2(NCCOc3cccc(Cl)c3)CCOC2)cc1. The monoisotopic (exact) mass is 446 g/mol. The standard InChI is InChI=1S/C23H27ClN2O5/c1-16(17-6-8-18(9-7-17)21(27)29-2)26-22(28)23(10-12-30-15-23)25-11-13-31-20-5-3-4-19(24)14-20/h3-9,14,16,25H,10-13,15H2,1-2H3,(H,26,28)/t16-,23?/m0/s1. The summed E-state index contributed by atoms with van der Waals surface area (Å²) in [4.78, 5) is 24.7. The number of hydrogen-bond donors (Lipinski definition) is 2. The Labute approximate surface area is 187 Å². The van der Waals surface area contributed by atoms with Crippen molar-refractivity contribution in [2.45, 2.75) is 24.9 Å². The molecular formula is C23H27ClN2O5. The van der Waals surface area contributed by atoms with Crippen LogP contribution in [-0.4, -0.2) is 50.9 Å². The van der Waals surface area contributed by atoms with Crippen molar-refractivity contribution in [2.75, 3.05) is 33.5 Å². The van der Waals surface area contributed by atoms with Crippen molar-refractivity contribution in [3.05, 3.63) is 64.7 Å². The predicted molar refractivity (Wildman–Crippen MR) is 117 cm³/mol. The summed E-state index contributed by atoms with van der Waals surface area (Å²) in [5, 5.41) is 6.97. The maximum atomic E-state index is 13.1. The molecule has 3 rings (SSSR count). The van der Waals surface area contributed by atoms with Gasteiger partial charge in [-0.1, -0.05) is 29.8 Å². The van der Waals surface area contributed by atoms with Crippen LogP contribution >= 0.6 is 11.6 Å². The van der Waals surface area contributed by atoms with Gasteiger partial charge < -0.3 is 19.5 Å². The molecular weight excluding hydrogens is 420 g/mol. The molecule has 0 aromatic heterocycles. The van der Waals surface area contributed by atoms with Gasteiger partial charge in [0.25, 0.3) is 0 Å². The first-order valence-electron chi connectivity index (χ1n) is 10.1. The molecule has 166 valence electrons. The van der Waals surface area contributed by atoms with Gasteiger partial charge in [0, 0.05) is 24.6 Å². The third-order valence-electron chi connectivity index (χ3n) is 5.27. The van der Waals surface area contributed by atoms with E-state index in [0.29, 0.717) is 49.1 Å². The van der Waals surface area contributed by atoms with Crippen molar-refractivity contribution in [1.82, 2.24) is 10.6 Å². The molecule has 1 aliphatic heterocycles. The van der Waals surface area contributed by atoms with Crippen molar-refractivity contribution < 1.29 is 23.8 Å². The van der Waals surface area contributed by atoms with Crippen LogP contribution in [-0.2, 0) is 14.3 Å². The highest BCUT2D eigenvalue weighted by atomic mass is 35.5. The zero-order valence-corrected chi connectivity index (χ0v) is 18.4. The summed E-state index contributed by atoms with van der Waals surface area (Å²) in [5.74, 6) is 0.159. The molecule has 1 fully saturated rings. The van der Waals surface area contributed by atoms with Crippen LogP contribution in [0.2, 0.25) is 5.02 Å². The average Bonchev–Trinajstić information content (AvgIpc) is 3.26. The van der Waals surface area contributed by atoms with Crippen LogP contribution in [0.3, 0.4) is 0 Å². The summed E-state index contributed by atoms with van der Waals surface area (Å²) < 4.78 is 15.9. The molecule has 2 aromatic carbocycles. The van der Waals surface area contributed by atoms with Gasteiger partial charge in [-0.15, -0.1) is 0 Å². The maximum Gasteiger partial charge on any atom is 0.337 e. The van der Waals surface area contributed by atoms with Gasteiger partial charge in [-0.2, -0.15) is 0 Å². The van der Waals surface area contributed by atoms with E-state index in [0.717, 1.165) is 5.56 Å². The predicted octanol–water partition coefficient (Wildman–Crippen LogP) is 3.13. The van der Waals surface area contributed by atoms with E-state index in [9.17, 15) is 9.59 Å². The second kappa shape index (κ2) is 10.6. The first-order chi connectivity index (χ1) is 14.9. The lowest BCUT2D eigenvalue weighted by Gasteiger charge is -2.29. The first kappa shape index (κ1) is 23.1. The molecule has 0 saturated carbocycles. The zero-order valence-electron chi connectivity index (χ0n) is 17.7. The number of rotatable bonds is 9. The Morgan fingerprint density at radius 3 is 2.65 bits per heavy atom. The highest BCUT2D eigenvalue weighted by Crippen LogP contribution is 2.22. The van der Waals surface area contributed by atoms with Crippen LogP contribution in [0.15, 0.2) is 48.5 Å². The maximum absolute atomic E-state index is 13.1. The summed E-state index contributed by atoms with van der Waals surface area (Å²) >= 11 is 5.97. The lowest BCUT2D eigenvalue weighted by molar-refractivity contribution is -0.128. The van der Waals surface area contributed by atoms with Gasteiger partial charge in [0.2, 0.25) is 5.91 Å². The number of methoxy groups -OCH3 is 1. The Balaban J connectivity index is 1.55. The second-order valence-corrected chi connectivity index (χ2v) is 7.86. The molecule has 7 nitrogen and oxygen atoms in total.